The second kappa shape index (κ2) is 14.7. The van der Waals surface area contributed by atoms with E-state index in [-0.39, 0.29) is 5.92 Å². The van der Waals surface area contributed by atoms with E-state index in [0.717, 1.165) is 78.8 Å². The van der Waals surface area contributed by atoms with Crippen molar-refractivity contribution in [1.82, 2.24) is 9.13 Å². The molecule has 1 aliphatic rings. The summed E-state index contributed by atoms with van der Waals surface area (Å²) in [6, 6.07) is 72.5. The number of allylic oxidation sites excluding steroid dienone is 1. The van der Waals surface area contributed by atoms with Crippen molar-refractivity contribution in [3.63, 3.8) is 0 Å². The van der Waals surface area contributed by atoms with Gasteiger partial charge in [0.15, 0.2) is 11.4 Å². The number of aromatic nitrogens is 2. The average Bonchev–Trinajstić information content (AvgIpc) is 4.14. The van der Waals surface area contributed by atoms with Crippen LogP contribution in [0.4, 0.5) is 0 Å². The number of fused-ring (bicyclic) bond motifs is 14. The van der Waals surface area contributed by atoms with Crippen LogP contribution >= 0.6 is 11.3 Å². The fourth-order valence-electron chi connectivity index (χ4n) is 11.3. The smallest absolute Gasteiger partial charge is 0.162 e. The van der Waals surface area contributed by atoms with E-state index in [9.17, 15) is 0 Å². The SMILES string of the molecule is CC1C/C=C(n2c3ccccc3c3ccccc32)/N=C(c2ccc(-n3c4cc5ccccc5cc4c4cc5ccccc5cc43)c3oc4ccccc4c23)\N=C/1c1ccc2c(c1)sc1ccccc12. The molecule has 69 heavy (non-hydrogen) atoms. The van der Waals surface area contributed by atoms with Crippen LogP contribution in [0.5, 0.6) is 0 Å². The Morgan fingerprint density at radius 3 is 1.75 bits per heavy atom. The van der Waals surface area contributed by atoms with Gasteiger partial charge in [0, 0.05) is 64.0 Å². The zero-order valence-corrected chi connectivity index (χ0v) is 38.3. The van der Waals surface area contributed by atoms with Crippen LogP contribution in [0.1, 0.15) is 24.5 Å². The Labute approximate surface area is 399 Å². The minimum atomic E-state index is 0.0727. The topological polar surface area (TPSA) is 47.7 Å². The van der Waals surface area contributed by atoms with E-state index in [1.54, 1.807) is 0 Å². The molecule has 0 spiro atoms. The van der Waals surface area contributed by atoms with Gasteiger partial charge in [-0.05, 0) is 106 Å². The molecule has 5 heterocycles. The number of rotatable bonds is 4. The highest BCUT2D eigenvalue weighted by molar-refractivity contribution is 7.25. The minimum absolute atomic E-state index is 0.0727. The normalized spacial score (nSPS) is 17.1. The van der Waals surface area contributed by atoms with Crippen molar-refractivity contribution in [2.75, 3.05) is 0 Å². The summed E-state index contributed by atoms with van der Waals surface area (Å²) in [4.78, 5) is 11.6. The lowest BCUT2D eigenvalue weighted by molar-refractivity contribution is 0.666. The number of benzene rings is 10. The number of aliphatic imine (C=N–C) groups is 2. The third kappa shape index (κ3) is 5.76. The summed E-state index contributed by atoms with van der Waals surface area (Å²) in [6.45, 7) is 2.30. The molecular formula is C63H40N4OS. The summed E-state index contributed by atoms with van der Waals surface area (Å²) < 4.78 is 14.4. The van der Waals surface area contributed by atoms with Gasteiger partial charge in [0.2, 0.25) is 0 Å². The zero-order chi connectivity index (χ0) is 45.3. The Morgan fingerprint density at radius 2 is 1.06 bits per heavy atom. The Balaban J connectivity index is 1.03. The molecule has 0 saturated heterocycles. The first-order valence-corrected chi connectivity index (χ1v) is 24.5. The van der Waals surface area contributed by atoms with Crippen molar-refractivity contribution < 1.29 is 4.42 Å². The van der Waals surface area contributed by atoms with E-state index >= 15 is 0 Å². The van der Waals surface area contributed by atoms with Crippen molar-refractivity contribution in [1.29, 1.82) is 0 Å². The van der Waals surface area contributed by atoms with E-state index in [2.05, 4.69) is 222 Å². The van der Waals surface area contributed by atoms with Gasteiger partial charge >= 0.3 is 0 Å². The Kier molecular flexibility index (Phi) is 8.21. The molecule has 14 aromatic rings. The van der Waals surface area contributed by atoms with E-state index in [0.29, 0.717) is 5.84 Å². The Bertz CT molecular complexity index is 4460. The third-order valence-electron chi connectivity index (χ3n) is 14.5. The number of furan rings is 1. The molecule has 4 aromatic heterocycles. The second-order valence-corrected chi connectivity index (χ2v) is 19.6. The molecule has 5 nitrogen and oxygen atoms in total. The standard InChI is InChI=1S/C63H40N4OS/c1-37-26-31-59(67-51-22-10-6-18-43(51)44-19-7-11-23-52(44)67)64-63(65-61(37)42-27-28-46-45-20-9-13-25-57(45)69-58(46)36-42)48-29-30-53(62-60(48)47-21-8-12-24-56(47)68-62)66-54-34-40-16-4-2-14-38(40)32-49(54)50-33-39-15-3-5-17-41(39)35-55(50)66/h2-25,27-37H,26H2,1H3/b59-31-,64-63-,65-61+. The summed E-state index contributed by atoms with van der Waals surface area (Å²) in [5.41, 5.74) is 10.1. The van der Waals surface area contributed by atoms with Crippen molar-refractivity contribution in [3.8, 4) is 5.69 Å². The summed E-state index contributed by atoms with van der Waals surface area (Å²) in [5, 5.41) is 14.2. The number of nitrogens with zero attached hydrogens (tertiary/aromatic N) is 4. The lowest BCUT2D eigenvalue weighted by atomic mass is 9.93. The monoisotopic (exact) mass is 900 g/mol. The summed E-state index contributed by atoms with van der Waals surface area (Å²) in [6.07, 6.45) is 3.08. The van der Waals surface area contributed by atoms with Crippen LogP contribution in [-0.4, -0.2) is 20.7 Å². The van der Waals surface area contributed by atoms with Crippen LogP contribution in [0.2, 0.25) is 0 Å². The molecule has 0 N–H and O–H groups in total. The molecule has 0 radical (unpaired) electrons. The fourth-order valence-corrected chi connectivity index (χ4v) is 12.4. The summed E-state index contributed by atoms with van der Waals surface area (Å²) >= 11 is 1.84. The van der Waals surface area contributed by atoms with E-state index in [4.69, 9.17) is 14.4 Å². The van der Waals surface area contributed by atoms with Gasteiger partial charge in [-0.25, -0.2) is 9.98 Å². The van der Waals surface area contributed by atoms with Gasteiger partial charge in [0.1, 0.15) is 11.4 Å². The maximum Gasteiger partial charge on any atom is 0.162 e. The first kappa shape index (κ1) is 38.5. The van der Waals surface area contributed by atoms with Gasteiger partial charge in [0.25, 0.3) is 0 Å². The number of para-hydroxylation sites is 3. The molecule has 0 amide bonds. The van der Waals surface area contributed by atoms with Crippen molar-refractivity contribution in [3.05, 3.63) is 217 Å². The molecule has 1 unspecified atom stereocenters. The highest BCUT2D eigenvalue weighted by Gasteiger charge is 2.26. The molecule has 1 atom stereocenters. The van der Waals surface area contributed by atoms with Crippen LogP contribution in [0, 0.1) is 5.92 Å². The van der Waals surface area contributed by atoms with Gasteiger partial charge < -0.3 is 8.98 Å². The molecule has 10 aromatic carbocycles. The first-order valence-electron chi connectivity index (χ1n) is 23.7. The largest absolute Gasteiger partial charge is 0.454 e. The molecular weight excluding hydrogens is 861 g/mol. The van der Waals surface area contributed by atoms with Crippen molar-refractivity contribution in [2.24, 2.45) is 15.9 Å². The van der Waals surface area contributed by atoms with Crippen LogP contribution < -0.4 is 0 Å². The molecule has 0 bridgehead atoms. The summed E-state index contributed by atoms with van der Waals surface area (Å²) in [7, 11) is 0. The van der Waals surface area contributed by atoms with Gasteiger partial charge in [0.05, 0.1) is 33.5 Å². The lowest BCUT2D eigenvalue weighted by Crippen LogP contribution is -2.18. The molecule has 6 heteroatoms. The summed E-state index contributed by atoms with van der Waals surface area (Å²) in [5.74, 6) is 1.56. The van der Waals surface area contributed by atoms with Crippen molar-refractivity contribution >= 4 is 136 Å². The third-order valence-corrected chi connectivity index (χ3v) is 15.7. The number of hydrogen-bond acceptors (Lipinski definition) is 4. The van der Waals surface area contributed by atoms with Crippen LogP contribution in [0.15, 0.2) is 221 Å². The first-order chi connectivity index (χ1) is 34.1. The zero-order valence-electron chi connectivity index (χ0n) is 37.5. The quantitative estimate of drug-likeness (QED) is 0.174. The fraction of sp³-hybridized carbons (Fsp3) is 0.0476. The second-order valence-electron chi connectivity index (χ2n) is 18.5. The predicted octanol–water partition coefficient (Wildman–Crippen LogP) is 17.2. The van der Waals surface area contributed by atoms with Gasteiger partial charge in [-0.1, -0.05) is 140 Å². The molecule has 0 aliphatic carbocycles. The van der Waals surface area contributed by atoms with Crippen LogP contribution in [0.3, 0.4) is 0 Å². The van der Waals surface area contributed by atoms with Crippen LogP contribution in [-0.2, 0) is 0 Å². The maximum atomic E-state index is 7.15. The van der Waals surface area contributed by atoms with Crippen molar-refractivity contribution in [2.45, 2.75) is 13.3 Å². The maximum absolute atomic E-state index is 7.15. The molecule has 1 aliphatic heterocycles. The van der Waals surface area contributed by atoms with Crippen LogP contribution in [0.25, 0.3) is 119 Å². The van der Waals surface area contributed by atoms with Gasteiger partial charge in [-0.2, -0.15) is 0 Å². The lowest BCUT2D eigenvalue weighted by Gasteiger charge is -2.20. The minimum Gasteiger partial charge on any atom is -0.454 e. The van der Waals surface area contributed by atoms with Gasteiger partial charge in [-0.15, -0.1) is 11.3 Å². The number of amidine groups is 1. The molecule has 0 saturated carbocycles. The number of hydrogen-bond donors (Lipinski definition) is 0. The highest BCUT2D eigenvalue weighted by atomic mass is 32.1. The average molecular weight is 901 g/mol. The number of thiophene rings is 1. The molecule has 15 rings (SSSR count). The Morgan fingerprint density at radius 1 is 0.478 bits per heavy atom. The van der Waals surface area contributed by atoms with E-state index in [1.165, 1.54) is 63.3 Å². The van der Waals surface area contributed by atoms with E-state index in [1.807, 2.05) is 11.3 Å². The highest BCUT2D eigenvalue weighted by Crippen LogP contribution is 2.43. The Hall–Kier alpha value is -8.58. The van der Waals surface area contributed by atoms with E-state index < -0.39 is 0 Å². The van der Waals surface area contributed by atoms with Gasteiger partial charge in [-0.3, -0.25) is 4.57 Å². The molecule has 324 valence electrons. The molecule has 0 fully saturated rings. The predicted molar refractivity (Wildman–Crippen MR) is 293 cm³/mol.